The minimum Gasteiger partial charge on any atom is -0.476 e. The average molecular weight is 238 g/mol. The molecule has 6 heteroatoms. The molecule has 1 heterocycles. The van der Waals surface area contributed by atoms with Gasteiger partial charge in [-0.2, -0.15) is 0 Å². The Kier molecular flexibility index (Phi) is 5.35. The van der Waals surface area contributed by atoms with Gasteiger partial charge < -0.3 is 15.3 Å². The van der Waals surface area contributed by atoms with Gasteiger partial charge in [-0.25, -0.2) is 14.8 Å². The van der Waals surface area contributed by atoms with Crippen molar-refractivity contribution in [3.05, 3.63) is 18.1 Å². The first kappa shape index (κ1) is 13.4. The average Bonchev–Trinajstić information content (AvgIpc) is 2.35. The Hall–Kier alpha value is -1.69. The molecular formula is C11H18N4O2. The largest absolute Gasteiger partial charge is 0.476 e. The number of carboxylic acid groups (broad SMARTS) is 1. The Balaban J connectivity index is 2.54. The van der Waals surface area contributed by atoms with Crippen LogP contribution in [0.4, 0.5) is 5.82 Å². The van der Waals surface area contributed by atoms with E-state index < -0.39 is 5.97 Å². The predicted octanol–water partition coefficient (Wildman–Crippen LogP) is 0.928. The van der Waals surface area contributed by atoms with Crippen molar-refractivity contribution < 1.29 is 9.90 Å². The summed E-state index contributed by atoms with van der Waals surface area (Å²) in [6, 6.07) is 0. The van der Waals surface area contributed by atoms with E-state index in [0.29, 0.717) is 12.4 Å². The molecule has 0 spiro atoms. The van der Waals surface area contributed by atoms with Crippen LogP contribution in [0.25, 0.3) is 0 Å². The van der Waals surface area contributed by atoms with Crippen molar-refractivity contribution in [3.63, 3.8) is 0 Å². The molecule has 6 nitrogen and oxygen atoms in total. The summed E-state index contributed by atoms with van der Waals surface area (Å²) in [6.07, 6.45) is 2.85. The quantitative estimate of drug-likeness (QED) is 0.735. The maximum atomic E-state index is 10.9. The van der Waals surface area contributed by atoms with E-state index >= 15 is 0 Å². The van der Waals surface area contributed by atoms with Crippen molar-refractivity contribution in [1.82, 2.24) is 14.9 Å². The zero-order valence-electron chi connectivity index (χ0n) is 10.2. The van der Waals surface area contributed by atoms with E-state index in [-0.39, 0.29) is 5.69 Å². The summed E-state index contributed by atoms with van der Waals surface area (Å²) in [5, 5.41) is 11.9. The number of nitrogens with zero attached hydrogens (tertiary/aromatic N) is 3. The van der Waals surface area contributed by atoms with Crippen molar-refractivity contribution >= 4 is 11.8 Å². The highest BCUT2D eigenvalue weighted by atomic mass is 16.4. The van der Waals surface area contributed by atoms with Gasteiger partial charge in [0.15, 0.2) is 11.5 Å². The Labute approximate surface area is 101 Å². The molecule has 2 N–H and O–H groups in total. The molecule has 0 fully saturated rings. The summed E-state index contributed by atoms with van der Waals surface area (Å²) < 4.78 is 0. The van der Waals surface area contributed by atoms with Crippen molar-refractivity contribution in [2.45, 2.75) is 13.8 Å². The van der Waals surface area contributed by atoms with Crippen LogP contribution in [-0.4, -0.2) is 52.1 Å². The highest BCUT2D eigenvalue weighted by Crippen LogP contribution is 2.07. The van der Waals surface area contributed by atoms with Crippen LogP contribution in [0.3, 0.4) is 0 Å². The molecule has 0 aromatic carbocycles. The Morgan fingerprint density at radius 2 is 2.00 bits per heavy atom. The molecule has 94 valence electrons. The molecule has 0 aliphatic heterocycles. The molecule has 0 atom stereocenters. The second kappa shape index (κ2) is 6.80. The zero-order valence-corrected chi connectivity index (χ0v) is 10.2. The minimum atomic E-state index is -1.07. The molecule has 0 bridgehead atoms. The van der Waals surface area contributed by atoms with Gasteiger partial charge in [0, 0.05) is 25.5 Å². The number of hydrogen-bond donors (Lipinski definition) is 2. The summed E-state index contributed by atoms with van der Waals surface area (Å²) in [6.45, 7) is 7.64. The Morgan fingerprint density at radius 3 is 2.59 bits per heavy atom. The second-order valence-electron chi connectivity index (χ2n) is 3.51. The van der Waals surface area contributed by atoms with Crippen LogP contribution in [0.15, 0.2) is 12.4 Å². The fraction of sp³-hybridized carbons (Fsp3) is 0.545. The number of carboxylic acids is 1. The van der Waals surface area contributed by atoms with E-state index in [0.717, 1.165) is 19.6 Å². The summed E-state index contributed by atoms with van der Waals surface area (Å²) in [4.78, 5) is 20.9. The van der Waals surface area contributed by atoms with Crippen LogP contribution in [0.5, 0.6) is 0 Å². The lowest BCUT2D eigenvalue weighted by Crippen LogP contribution is -2.29. The van der Waals surface area contributed by atoms with Crippen molar-refractivity contribution in [2.75, 3.05) is 31.5 Å². The fourth-order valence-electron chi connectivity index (χ4n) is 1.50. The van der Waals surface area contributed by atoms with Gasteiger partial charge >= 0.3 is 5.97 Å². The van der Waals surface area contributed by atoms with E-state index in [1.54, 1.807) is 0 Å². The van der Waals surface area contributed by atoms with Crippen LogP contribution in [0.2, 0.25) is 0 Å². The highest BCUT2D eigenvalue weighted by molar-refractivity contribution is 5.90. The first-order chi connectivity index (χ1) is 8.19. The van der Waals surface area contributed by atoms with Crippen LogP contribution in [0, 0.1) is 0 Å². The number of aromatic nitrogens is 2. The van der Waals surface area contributed by atoms with Gasteiger partial charge in [-0.05, 0) is 13.1 Å². The van der Waals surface area contributed by atoms with Gasteiger partial charge in [0.2, 0.25) is 0 Å². The topological polar surface area (TPSA) is 78.3 Å². The lowest BCUT2D eigenvalue weighted by molar-refractivity contribution is 0.0691. The first-order valence-electron chi connectivity index (χ1n) is 5.69. The van der Waals surface area contributed by atoms with E-state index in [1.807, 2.05) is 0 Å². The van der Waals surface area contributed by atoms with Gasteiger partial charge in [0.05, 0.1) is 0 Å². The minimum absolute atomic E-state index is 0.0351. The summed E-state index contributed by atoms with van der Waals surface area (Å²) >= 11 is 0. The molecule has 0 unspecified atom stereocenters. The molecule has 0 amide bonds. The molecule has 1 rings (SSSR count). The van der Waals surface area contributed by atoms with Crippen LogP contribution in [0.1, 0.15) is 24.3 Å². The summed E-state index contributed by atoms with van der Waals surface area (Å²) in [7, 11) is 0. The molecule has 0 aliphatic carbocycles. The number of nitrogens with one attached hydrogen (secondary N) is 1. The molecule has 17 heavy (non-hydrogen) atoms. The van der Waals surface area contributed by atoms with Gasteiger partial charge in [0.25, 0.3) is 0 Å². The Bertz CT molecular complexity index is 366. The molecular weight excluding hydrogens is 220 g/mol. The summed E-state index contributed by atoms with van der Waals surface area (Å²) in [5.74, 6) is -0.740. The molecule has 1 aromatic rings. The van der Waals surface area contributed by atoms with Gasteiger partial charge in [0.1, 0.15) is 0 Å². The first-order valence-corrected chi connectivity index (χ1v) is 5.69. The Morgan fingerprint density at radius 1 is 1.35 bits per heavy atom. The zero-order chi connectivity index (χ0) is 12.7. The van der Waals surface area contributed by atoms with Gasteiger partial charge in [-0.1, -0.05) is 13.8 Å². The number of anilines is 1. The lowest BCUT2D eigenvalue weighted by atomic mass is 10.4. The SMILES string of the molecule is CCN(CC)CCNc1nccnc1C(=O)O. The standard InChI is InChI=1S/C11H18N4O2/c1-3-15(4-2)8-7-14-10-9(11(16)17)12-5-6-13-10/h5-6H,3-4,7-8H2,1-2H3,(H,13,14)(H,16,17). The second-order valence-corrected chi connectivity index (χ2v) is 3.51. The van der Waals surface area contributed by atoms with Crippen molar-refractivity contribution in [3.8, 4) is 0 Å². The summed E-state index contributed by atoms with van der Waals surface area (Å²) in [5.41, 5.74) is -0.0351. The van der Waals surface area contributed by atoms with E-state index in [4.69, 9.17) is 5.11 Å². The number of carbonyl (C=O) groups is 1. The van der Waals surface area contributed by atoms with Crippen LogP contribution >= 0.6 is 0 Å². The molecule has 0 aliphatic rings. The normalized spacial score (nSPS) is 10.5. The number of likely N-dealkylation sites (N-methyl/N-ethyl adjacent to an activating group) is 1. The number of hydrogen-bond acceptors (Lipinski definition) is 5. The van der Waals surface area contributed by atoms with Gasteiger partial charge in [-0.3, -0.25) is 0 Å². The fourth-order valence-corrected chi connectivity index (χ4v) is 1.50. The monoisotopic (exact) mass is 238 g/mol. The van der Waals surface area contributed by atoms with Gasteiger partial charge in [-0.15, -0.1) is 0 Å². The van der Waals surface area contributed by atoms with Crippen LogP contribution < -0.4 is 5.32 Å². The van der Waals surface area contributed by atoms with E-state index in [2.05, 4.69) is 34.0 Å². The third-order valence-electron chi connectivity index (χ3n) is 2.52. The lowest BCUT2D eigenvalue weighted by Gasteiger charge is -2.18. The number of aromatic carboxylic acids is 1. The van der Waals surface area contributed by atoms with E-state index in [1.165, 1.54) is 12.4 Å². The van der Waals surface area contributed by atoms with E-state index in [9.17, 15) is 4.79 Å². The maximum Gasteiger partial charge on any atom is 0.358 e. The predicted molar refractivity (Wildman–Crippen MR) is 65.3 cm³/mol. The molecule has 0 radical (unpaired) electrons. The molecule has 0 saturated carbocycles. The van der Waals surface area contributed by atoms with Crippen LogP contribution in [-0.2, 0) is 0 Å². The smallest absolute Gasteiger partial charge is 0.358 e. The highest BCUT2D eigenvalue weighted by Gasteiger charge is 2.11. The van der Waals surface area contributed by atoms with Crippen molar-refractivity contribution in [2.24, 2.45) is 0 Å². The maximum absolute atomic E-state index is 10.9. The number of rotatable bonds is 7. The van der Waals surface area contributed by atoms with Crippen molar-refractivity contribution in [1.29, 1.82) is 0 Å². The third-order valence-corrected chi connectivity index (χ3v) is 2.52. The molecule has 0 saturated heterocycles. The third kappa shape index (κ3) is 3.99. The molecule has 1 aromatic heterocycles.